The highest BCUT2D eigenvalue weighted by molar-refractivity contribution is 5.81. The lowest BCUT2D eigenvalue weighted by molar-refractivity contribution is -0.141. The van der Waals surface area contributed by atoms with Crippen molar-refractivity contribution < 1.29 is 19.1 Å². The SMILES string of the molecule is C/C=C/C(=O)OCCCCCCOC(C)=O. The van der Waals surface area contributed by atoms with Crippen LogP contribution in [0.25, 0.3) is 0 Å². The van der Waals surface area contributed by atoms with E-state index in [1.54, 1.807) is 13.0 Å². The van der Waals surface area contributed by atoms with Gasteiger partial charge in [0.1, 0.15) is 0 Å². The molecule has 0 aliphatic rings. The Morgan fingerprint density at radius 1 is 1.00 bits per heavy atom. The summed E-state index contributed by atoms with van der Waals surface area (Å²) in [6.07, 6.45) is 6.73. The van der Waals surface area contributed by atoms with Gasteiger partial charge in [-0.25, -0.2) is 4.79 Å². The maximum absolute atomic E-state index is 10.9. The summed E-state index contributed by atoms with van der Waals surface area (Å²) in [5, 5.41) is 0. The predicted octanol–water partition coefficient (Wildman–Crippen LogP) is 2.23. The fourth-order valence-electron chi connectivity index (χ4n) is 1.13. The minimum atomic E-state index is -0.289. The van der Waals surface area contributed by atoms with E-state index >= 15 is 0 Å². The third kappa shape index (κ3) is 10.8. The maximum Gasteiger partial charge on any atom is 0.330 e. The summed E-state index contributed by atoms with van der Waals surface area (Å²) in [6.45, 7) is 4.11. The minimum absolute atomic E-state index is 0.236. The molecule has 92 valence electrons. The number of ether oxygens (including phenoxy) is 2. The largest absolute Gasteiger partial charge is 0.466 e. The van der Waals surface area contributed by atoms with Crippen LogP contribution in [0.15, 0.2) is 12.2 Å². The zero-order chi connectivity index (χ0) is 12.2. The molecule has 0 saturated carbocycles. The van der Waals surface area contributed by atoms with Crippen molar-refractivity contribution in [1.29, 1.82) is 0 Å². The van der Waals surface area contributed by atoms with E-state index in [-0.39, 0.29) is 11.9 Å². The van der Waals surface area contributed by atoms with Crippen molar-refractivity contribution in [3.05, 3.63) is 12.2 Å². The topological polar surface area (TPSA) is 52.6 Å². The Morgan fingerprint density at radius 3 is 2.06 bits per heavy atom. The first kappa shape index (κ1) is 14.7. The molecular weight excluding hydrogens is 208 g/mol. The van der Waals surface area contributed by atoms with E-state index in [2.05, 4.69) is 0 Å². The fourth-order valence-corrected chi connectivity index (χ4v) is 1.13. The van der Waals surface area contributed by atoms with Gasteiger partial charge in [0.15, 0.2) is 0 Å². The number of carbonyl (C=O) groups is 2. The monoisotopic (exact) mass is 228 g/mol. The smallest absolute Gasteiger partial charge is 0.330 e. The third-order valence-electron chi connectivity index (χ3n) is 1.89. The predicted molar refractivity (Wildman–Crippen MR) is 60.9 cm³/mol. The van der Waals surface area contributed by atoms with Crippen molar-refractivity contribution in [3.63, 3.8) is 0 Å². The van der Waals surface area contributed by atoms with Crippen molar-refractivity contribution in [1.82, 2.24) is 0 Å². The second kappa shape index (κ2) is 10.2. The molecule has 0 fully saturated rings. The molecule has 4 nitrogen and oxygen atoms in total. The summed E-state index contributed by atoms with van der Waals surface area (Å²) in [7, 11) is 0. The van der Waals surface area contributed by atoms with Crippen LogP contribution in [0.1, 0.15) is 39.5 Å². The van der Waals surface area contributed by atoms with E-state index in [0.717, 1.165) is 25.7 Å². The molecule has 0 spiro atoms. The Bertz CT molecular complexity index is 233. The second-order valence-electron chi connectivity index (χ2n) is 3.42. The zero-order valence-corrected chi connectivity index (χ0v) is 10.0. The molecule has 0 unspecified atom stereocenters. The van der Waals surface area contributed by atoms with Gasteiger partial charge >= 0.3 is 11.9 Å². The number of hydrogen-bond donors (Lipinski definition) is 0. The molecular formula is C12H20O4. The van der Waals surface area contributed by atoms with Gasteiger partial charge in [0.05, 0.1) is 13.2 Å². The summed E-state index contributed by atoms with van der Waals surface area (Å²) in [6, 6.07) is 0. The maximum atomic E-state index is 10.9. The molecule has 0 radical (unpaired) electrons. The van der Waals surface area contributed by atoms with Gasteiger partial charge in [-0.05, 0) is 32.6 Å². The highest BCUT2D eigenvalue weighted by atomic mass is 16.5. The summed E-state index contributed by atoms with van der Waals surface area (Å²) in [4.78, 5) is 21.3. The number of unbranched alkanes of at least 4 members (excludes halogenated alkanes) is 3. The van der Waals surface area contributed by atoms with Gasteiger partial charge in [0, 0.05) is 13.0 Å². The first-order valence-electron chi connectivity index (χ1n) is 5.59. The van der Waals surface area contributed by atoms with Crippen LogP contribution in [0.4, 0.5) is 0 Å². The molecule has 0 rings (SSSR count). The molecule has 0 bridgehead atoms. The Balaban J connectivity index is 3.15. The van der Waals surface area contributed by atoms with Crippen molar-refractivity contribution in [2.75, 3.05) is 13.2 Å². The highest BCUT2D eigenvalue weighted by Crippen LogP contribution is 2.01. The Labute approximate surface area is 96.6 Å². The molecule has 0 aromatic rings. The van der Waals surface area contributed by atoms with Gasteiger partial charge in [0.2, 0.25) is 0 Å². The zero-order valence-electron chi connectivity index (χ0n) is 10.0. The van der Waals surface area contributed by atoms with E-state index in [1.165, 1.54) is 13.0 Å². The lowest BCUT2D eigenvalue weighted by Gasteiger charge is -2.03. The molecule has 0 aliphatic heterocycles. The van der Waals surface area contributed by atoms with Crippen molar-refractivity contribution >= 4 is 11.9 Å². The van der Waals surface area contributed by atoms with E-state index in [1.807, 2.05) is 0 Å². The Morgan fingerprint density at radius 2 is 1.56 bits per heavy atom. The van der Waals surface area contributed by atoms with Crippen LogP contribution >= 0.6 is 0 Å². The van der Waals surface area contributed by atoms with Crippen LogP contribution in [0, 0.1) is 0 Å². The van der Waals surface area contributed by atoms with Gasteiger partial charge < -0.3 is 9.47 Å². The molecule has 16 heavy (non-hydrogen) atoms. The summed E-state index contributed by atoms with van der Waals surface area (Å²) < 4.78 is 9.70. The minimum Gasteiger partial charge on any atom is -0.466 e. The summed E-state index contributed by atoms with van der Waals surface area (Å²) in [5.41, 5.74) is 0. The number of allylic oxidation sites excluding steroid dienone is 1. The first-order valence-corrected chi connectivity index (χ1v) is 5.59. The second-order valence-corrected chi connectivity index (χ2v) is 3.42. The molecule has 4 heteroatoms. The molecule has 0 aromatic carbocycles. The summed E-state index contributed by atoms with van der Waals surface area (Å²) >= 11 is 0. The Kier molecular flexibility index (Phi) is 9.36. The molecule has 0 heterocycles. The van der Waals surface area contributed by atoms with E-state index in [0.29, 0.717) is 13.2 Å². The quantitative estimate of drug-likeness (QED) is 0.363. The molecule has 0 atom stereocenters. The molecule has 0 amide bonds. The van der Waals surface area contributed by atoms with E-state index in [9.17, 15) is 9.59 Å². The van der Waals surface area contributed by atoms with Crippen molar-refractivity contribution in [2.24, 2.45) is 0 Å². The first-order chi connectivity index (χ1) is 7.66. The number of esters is 2. The number of rotatable bonds is 8. The van der Waals surface area contributed by atoms with Crippen LogP contribution < -0.4 is 0 Å². The lowest BCUT2D eigenvalue weighted by Crippen LogP contribution is -2.03. The van der Waals surface area contributed by atoms with Crippen LogP contribution in [0.2, 0.25) is 0 Å². The van der Waals surface area contributed by atoms with Crippen LogP contribution in [-0.2, 0) is 19.1 Å². The highest BCUT2D eigenvalue weighted by Gasteiger charge is 1.96. The number of hydrogen-bond acceptors (Lipinski definition) is 4. The Hall–Kier alpha value is -1.32. The van der Waals surface area contributed by atoms with Crippen LogP contribution in [0.3, 0.4) is 0 Å². The standard InChI is InChI=1S/C12H20O4/c1-3-8-12(14)16-10-7-5-4-6-9-15-11(2)13/h3,8H,4-7,9-10H2,1-2H3/b8-3+. The summed E-state index contributed by atoms with van der Waals surface area (Å²) in [5.74, 6) is -0.525. The van der Waals surface area contributed by atoms with Crippen molar-refractivity contribution in [2.45, 2.75) is 39.5 Å². The average molecular weight is 228 g/mol. The fraction of sp³-hybridized carbons (Fsp3) is 0.667. The van der Waals surface area contributed by atoms with Gasteiger partial charge in [-0.2, -0.15) is 0 Å². The molecule has 0 saturated heterocycles. The van der Waals surface area contributed by atoms with Gasteiger partial charge in [-0.3, -0.25) is 4.79 Å². The average Bonchev–Trinajstić information content (AvgIpc) is 2.22. The van der Waals surface area contributed by atoms with Gasteiger partial charge in [0.25, 0.3) is 0 Å². The normalized spacial score (nSPS) is 10.4. The third-order valence-corrected chi connectivity index (χ3v) is 1.89. The lowest BCUT2D eigenvalue weighted by atomic mass is 10.2. The molecule has 0 aliphatic carbocycles. The number of carbonyl (C=O) groups excluding carboxylic acids is 2. The van der Waals surface area contributed by atoms with Gasteiger partial charge in [-0.15, -0.1) is 0 Å². The van der Waals surface area contributed by atoms with Crippen molar-refractivity contribution in [3.8, 4) is 0 Å². The van der Waals surface area contributed by atoms with Crippen LogP contribution in [-0.4, -0.2) is 25.2 Å². The molecule has 0 aromatic heterocycles. The van der Waals surface area contributed by atoms with Crippen LogP contribution in [0.5, 0.6) is 0 Å². The van der Waals surface area contributed by atoms with E-state index < -0.39 is 0 Å². The molecule has 0 N–H and O–H groups in total. The van der Waals surface area contributed by atoms with E-state index in [4.69, 9.17) is 9.47 Å². The van der Waals surface area contributed by atoms with Gasteiger partial charge in [-0.1, -0.05) is 6.08 Å².